The Morgan fingerprint density at radius 1 is 1.08 bits per heavy atom. The number of benzene rings is 2. The fraction of sp³-hybridized carbons (Fsp3) is 0.345. The number of hydrogen-bond donors (Lipinski definition) is 0. The average Bonchev–Trinajstić information content (AvgIpc) is 3.48. The molecule has 0 N–H and O–H groups in total. The second-order valence-corrected chi connectivity index (χ2v) is 10.4. The van der Waals surface area contributed by atoms with Crippen molar-refractivity contribution in [1.29, 1.82) is 0 Å². The molecule has 0 spiro atoms. The van der Waals surface area contributed by atoms with Gasteiger partial charge in [-0.25, -0.2) is 4.68 Å². The number of aromatic nitrogens is 2. The largest absolute Gasteiger partial charge is 0.494 e. The Bertz CT molecular complexity index is 1290. The van der Waals surface area contributed by atoms with Gasteiger partial charge in [0.1, 0.15) is 5.75 Å². The van der Waals surface area contributed by atoms with E-state index in [4.69, 9.17) is 14.6 Å². The number of carbonyl (C=O) groups excluding carboxylic acids is 1. The molecule has 1 amide bonds. The molecule has 7 nitrogen and oxygen atoms in total. The van der Waals surface area contributed by atoms with Gasteiger partial charge in [-0.2, -0.15) is 10.1 Å². The maximum Gasteiger partial charge on any atom is 0.286 e. The zero-order valence-electron chi connectivity index (χ0n) is 21.5. The lowest BCUT2D eigenvalue weighted by Gasteiger charge is -2.35. The van der Waals surface area contributed by atoms with Gasteiger partial charge in [0.05, 0.1) is 35.1 Å². The van der Waals surface area contributed by atoms with Crippen molar-refractivity contribution < 1.29 is 14.3 Å². The number of hydrogen-bond acceptors (Lipinski definition) is 6. The van der Waals surface area contributed by atoms with Gasteiger partial charge in [-0.15, -0.1) is 0 Å². The number of thioether (sulfide) groups is 1. The van der Waals surface area contributed by atoms with Crippen molar-refractivity contribution in [1.82, 2.24) is 14.7 Å². The summed E-state index contributed by atoms with van der Waals surface area (Å²) in [5, 5.41) is 5.64. The molecule has 2 aromatic carbocycles. The molecule has 0 radical (unpaired) electrons. The molecule has 1 fully saturated rings. The Balaban J connectivity index is 1.44. The van der Waals surface area contributed by atoms with Crippen molar-refractivity contribution in [3.8, 4) is 22.7 Å². The molecule has 5 rings (SSSR count). The van der Waals surface area contributed by atoms with E-state index in [-0.39, 0.29) is 18.1 Å². The Kier molecular flexibility index (Phi) is 7.76. The van der Waals surface area contributed by atoms with Crippen LogP contribution in [-0.2, 0) is 9.53 Å². The van der Waals surface area contributed by atoms with Gasteiger partial charge < -0.3 is 14.4 Å². The fourth-order valence-corrected chi connectivity index (χ4v) is 5.40. The molecule has 2 atom stereocenters. The molecule has 37 heavy (non-hydrogen) atoms. The highest BCUT2D eigenvalue weighted by atomic mass is 32.2. The van der Waals surface area contributed by atoms with Crippen molar-refractivity contribution in [2.75, 3.05) is 19.7 Å². The molecule has 2 aliphatic rings. The van der Waals surface area contributed by atoms with Crippen molar-refractivity contribution >= 4 is 28.9 Å². The molecular weight excluding hydrogens is 484 g/mol. The second-order valence-electron chi connectivity index (χ2n) is 9.41. The molecule has 3 heterocycles. The number of rotatable bonds is 7. The van der Waals surface area contributed by atoms with E-state index in [1.54, 1.807) is 0 Å². The molecule has 192 valence electrons. The van der Waals surface area contributed by atoms with Gasteiger partial charge >= 0.3 is 0 Å². The van der Waals surface area contributed by atoms with Crippen molar-refractivity contribution in [2.45, 2.75) is 45.8 Å². The van der Waals surface area contributed by atoms with Crippen LogP contribution < -0.4 is 4.74 Å². The van der Waals surface area contributed by atoms with Gasteiger partial charge in [0.2, 0.25) is 0 Å². The van der Waals surface area contributed by atoms with Gasteiger partial charge in [-0.3, -0.25) is 4.79 Å². The first-order chi connectivity index (χ1) is 18.0. The molecule has 2 aliphatic heterocycles. The SMILES string of the molecule is CCCCOc1ccc(-c2nn(-c3ccccc3)cc2/C=C2/SC(N3CC(C)OC(C)C3)=NC2=O)cc1. The highest BCUT2D eigenvalue weighted by Crippen LogP contribution is 2.34. The number of ether oxygens (including phenoxy) is 2. The molecule has 8 heteroatoms. The minimum atomic E-state index is -0.218. The van der Waals surface area contributed by atoms with Gasteiger partial charge in [0.25, 0.3) is 5.91 Å². The Labute approximate surface area is 222 Å². The molecule has 0 bridgehead atoms. The van der Waals surface area contributed by atoms with Crippen LogP contribution in [0, 0.1) is 0 Å². The first-order valence-electron chi connectivity index (χ1n) is 12.8. The smallest absolute Gasteiger partial charge is 0.286 e. The quantitative estimate of drug-likeness (QED) is 0.292. The lowest BCUT2D eigenvalue weighted by molar-refractivity contribution is -0.113. The molecule has 2 unspecified atom stereocenters. The van der Waals surface area contributed by atoms with Crippen molar-refractivity contribution in [2.24, 2.45) is 4.99 Å². The maximum absolute atomic E-state index is 12.9. The predicted molar refractivity (Wildman–Crippen MR) is 149 cm³/mol. The van der Waals surface area contributed by atoms with Crippen LogP contribution in [0.4, 0.5) is 0 Å². The lowest BCUT2D eigenvalue weighted by atomic mass is 10.1. The van der Waals surface area contributed by atoms with E-state index in [2.05, 4.69) is 16.8 Å². The fourth-order valence-electron chi connectivity index (χ4n) is 4.48. The van der Waals surface area contributed by atoms with E-state index >= 15 is 0 Å². The third-order valence-corrected chi connectivity index (χ3v) is 7.29. The van der Waals surface area contributed by atoms with E-state index in [0.29, 0.717) is 11.5 Å². The Morgan fingerprint density at radius 3 is 2.51 bits per heavy atom. The van der Waals surface area contributed by atoms with E-state index in [1.807, 2.05) is 85.4 Å². The third kappa shape index (κ3) is 5.97. The van der Waals surface area contributed by atoms with Crippen LogP contribution >= 0.6 is 11.8 Å². The molecule has 3 aromatic rings. The minimum Gasteiger partial charge on any atom is -0.494 e. The third-order valence-electron chi connectivity index (χ3n) is 6.24. The van der Waals surface area contributed by atoms with Crippen LogP contribution in [-0.4, -0.2) is 57.7 Å². The summed E-state index contributed by atoms with van der Waals surface area (Å²) in [6, 6.07) is 17.9. The number of unbranched alkanes of at least 4 members (excludes halogenated alkanes) is 1. The number of amides is 1. The zero-order chi connectivity index (χ0) is 25.8. The van der Waals surface area contributed by atoms with Gasteiger partial charge in [0.15, 0.2) is 5.17 Å². The first kappa shape index (κ1) is 25.3. The summed E-state index contributed by atoms with van der Waals surface area (Å²) in [5.41, 5.74) is 3.56. The summed E-state index contributed by atoms with van der Waals surface area (Å²) in [5.74, 6) is 0.623. The van der Waals surface area contributed by atoms with Crippen LogP contribution in [0.5, 0.6) is 5.75 Å². The highest BCUT2D eigenvalue weighted by molar-refractivity contribution is 8.18. The summed E-state index contributed by atoms with van der Waals surface area (Å²) in [6.45, 7) is 8.39. The molecule has 1 saturated heterocycles. The standard InChI is InChI=1S/C29H32N4O3S/c1-4-5-15-35-25-13-11-22(12-14-25)27-23(19-33(31-27)24-9-7-6-8-10-24)16-26-28(34)30-29(37-26)32-17-20(2)36-21(3)18-32/h6-14,16,19-21H,4-5,15,17-18H2,1-3H3/b26-16+. The Hall–Kier alpha value is -3.36. The van der Waals surface area contributed by atoms with Gasteiger partial charge in [0, 0.05) is 30.4 Å². The van der Waals surface area contributed by atoms with Crippen molar-refractivity contribution in [3.05, 3.63) is 71.3 Å². The van der Waals surface area contributed by atoms with E-state index in [1.165, 1.54) is 11.8 Å². The number of nitrogens with zero attached hydrogens (tertiary/aromatic N) is 4. The zero-order valence-corrected chi connectivity index (χ0v) is 22.3. The molecule has 0 aliphatic carbocycles. The van der Waals surface area contributed by atoms with Crippen LogP contribution in [0.1, 0.15) is 39.2 Å². The van der Waals surface area contributed by atoms with Crippen LogP contribution in [0.2, 0.25) is 0 Å². The van der Waals surface area contributed by atoms with Crippen LogP contribution in [0.15, 0.2) is 70.7 Å². The van der Waals surface area contributed by atoms with Crippen LogP contribution in [0.3, 0.4) is 0 Å². The monoisotopic (exact) mass is 516 g/mol. The highest BCUT2D eigenvalue weighted by Gasteiger charge is 2.31. The summed E-state index contributed by atoms with van der Waals surface area (Å²) < 4.78 is 13.5. The first-order valence-corrected chi connectivity index (χ1v) is 13.6. The topological polar surface area (TPSA) is 68.9 Å². The van der Waals surface area contributed by atoms with E-state index in [0.717, 1.165) is 59.4 Å². The maximum atomic E-state index is 12.9. The second kappa shape index (κ2) is 11.4. The number of amidine groups is 1. The number of aliphatic imine (C=N–C) groups is 1. The number of carbonyl (C=O) groups is 1. The summed E-state index contributed by atoms with van der Waals surface area (Å²) in [6.07, 6.45) is 6.19. The van der Waals surface area contributed by atoms with E-state index < -0.39 is 0 Å². The lowest BCUT2D eigenvalue weighted by Crippen LogP contribution is -2.47. The average molecular weight is 517 g/mol. The van der Waals surface area contributed by atoms with E-state index in [9.17, 15) is 4.79 Å². The molecule has 0 saturated carbocycles. The summed E-state index contributed by atoms with van der Waals surface area (Å²) >= 11 is 1.42. The normalized spacial score (nSPS) is 20.9. The number of morpholine rings is 1. The number of para-hydroxylation sites is 1. The molecular formula is C29H32N4O3S. The van der Waals surface area contributed by atoms with Crippen molar-refractivity contribution in [3.63, 3.8) is 0 Å². The Morgan fingerprint density at radius 2 is 1.81 bits per heavy atom. The summed E-state index contributed by atoms with van der Waals surface area (Å²) in [7, 11) is 0. The van der Waals surface area contributed by atoms with Gasteiger partial charge in [-0.05, 0) is 74.5 Å². The van der Waals surface area contributed by atoms with Gasteiger partial charge in [-0.1, -0.05) is 31.5 Å². The minimum absolute atomic E-state index is 0.0970. The molecule has 1 aromatic heterocycles. The predicted octanol–water partition coefficient (Wildman–Crippen LogP) is 5.80. The van der Waals surface area contributed by atoms with Crippen LogP contribution in [0.25, 0.3) is 23.0 Å². The summed E-state index contributed by atoms with van der Waals surface area (Å²) in [4.78, 5) is 20.0.